The average Bonchev–Trinajstić information content (AvgIpc) is 2.23. The molecule has 96 valence electrons. The van der Waals surface area contributed by atoms with Crippen molar-refractivity contribution < 1.29 is 4.39 Å². The second-order valence-corrected chi connectivity index (χ2v) is 5.76. The van der Waals surface area contributed by atoms with Crippen molar-refractivity contribution in [2.75, 3.05) is 12.4 Å². The van der Waals surface area contributed by atoms with Gasteiger partial charge in [0, 0.05) is 29.6 Å². The lowest BCUT2D eigenvalue weighted by molar-refractivity contribution is 0.328. The van der Waals surface area contributed by atoms with Crippen LogP contribution in [0.1, 0.15) is 25.8 Å². The minimum Gasteiger partial charge on any atom is -0.312 e. The van der Waals surface area contributed by atoms with Gasteiger partial charge >= 0.3 is 0 Å². The van der Waals surface area contributed by atoms with Crippen molar-refractivity contribution in [2.24, 2.45) is 5.41 Å². The van der Waals surface area contributed by atoms with E-state index in [-0.39, 0.29) is 11.2 Å². The molecule has 1 aromatic rings. The fourth-order valence-electron chi connectivity index (χ4n) is 1.56. The van der Waals surface area contributed by atoms with Crippen LogP contribution in [0.2, 0.25) is 5.02 Å². The van der Waals surface area contributed by atoms with Gasteiger partial charge in [-0.25, -0.2) is 4.39 Å². The summed E-state index contributed by atoms with van der Waals surface area (Å²) < 4.78 is 13.4. The molecule has 0 spiro atoms. The molecule has 0 saturated heterocycles. The lowest BCUT2D eigenvalue weighted by Crippen LogP contribution is -2.29. The first-order chi connectivity index (χ1) is 7.94. The van der Waals surface area contributed by atoms with Gasteiger partial charge in [-0.15, -0.1) is 11.6 Å². The van der Waals surface area contributed by atoms with Gasteiger partial charge in [0.1, 0.15) is 5.82 Å². The fourth-order valence-corrected chi connectivity index (χ4v) is 2.26. The lowest BCUT2D eigenvalue weighted by Gasteiger charge is -2.24. The molecule has 1 aromatic carbocycles. The molecule has 0 amide bonds. The highest BCUT2D eigenvalue weighted by molar-refractivity contribution is 6.30. The second-order valence-electron chi connectivity index (χ2n) is 4.94. The number of alkyl halides is 1. The molecule has 0 aliphatic rings. The van der Waals surface area contributed by atoms with Crippen molar-refractivity contribution >= 4 is 23.2 Å². The average molecular weight is 278 g/mol. The van der Waals surface area contributed by atoms with Crippen LogP contribution in [0.5, 0.6) is 0 Å². The maximum Gasteiger partial charge on any atom is 0.127 e. The Hall–Kier alpha value is -0.310. The van der Waals surface area contributed by atoms with Crippen molar-refractivity contribution in [3.63, 3.8) is 0 Å². The smallest absolute Gasteiger partial charge is 0.127 e. The minimum atomic E-state index is -0.225. The van der Waals surface area contributed by atoms with Crippen molar-refractivity contribution in [2.45, 2.75) is 26.8 Å². The quantitative estimate of drug-likeness (QED) is 0.768. The minimum absolute atomic E-state index is 0.122. The summed E-state index contributed by atoms with van der Waals surface area (Å²) in [5, 5.41) is 3.80. The van der Waals surface area contributed by atoms with Gasteiger partial charge in [-0.1, -0.05) is 25.4 Å². The highest BCUT2D eigenvalue weighted by Crippen LogP contribution is 2.20. The molecule has 0 bridgehead atoms. The number of nitrogens with one attached hydrogen (secondary N) is 1. The van der Waals surface area contributed by atoms with Crippen LogP contribution in [-0.2, 0) is 6.54 Å². The van der Waals surface area contributed by atoms with Crippen molar-refractivity contribution in [3.05, 3.63) is 34.6 Å². The zero-order chi connectivity index (χ0) is 12.9. The number of rotatable bonds is 6. The summed E-state index contributed by atoms with van der Waals surface area (Å²) in [6, 6.07) is 4.60. The molecule has 17 heavy (non-hydrogen) atoms. The largest absolute Gasteiger partial charge is 0.312 e. The Morgan fingerprint density at radius 2 is 2.06 bits per heavy atom. The molecule has 0 radical (unpaired) electrons. The highest BCUT2D eigenvalue weighted by Gasteiger charge is 2.16. The Kier molecular flexibility index (Phi) is 5.71. The molecule has 0 heterocycles. The molecule has 0 saturated carbocycles. The summed E-state index contributed by atoms with van der Waals surface area (Å²) in [7, 11) is 0. The number of benzene rings is 1. The molecule has 0 aliphatic heterocycles. The summed E-state index contributed by atoms with van der Waals surface area (Å²) in [5.74, 6) is 0.414. The molecule has 0 aliphatic carbocycles. The van der Waals surface area contributed by atoms with Crippen LogP contribution in [0.15, 0.2) is 18.2 Å². The molecule has 1 rings (SSSR count). The number of halogens is 3. The molecule has 1 nitrogen and oxygen atoms in total. The third-order valence-corrected chi connectivity index (χ3v) is 3.12. The molecule has 4 heteroatoms. The zero-order valence-electron chi connectivity index (χ0n) is 10.2. The van der Waals surface area contributed by atoms with Gasteiger partial charge in [0.2, 0.25) is 0 Å². The predicted molar refractivity (Wildman–Crippen MR) is 72.2 cm³/mol. The monoisotopic (exact) mass is 277 g/mol. The van der Waals surface area contributed by atoms with Crippen LogP contribution < -0.4 is 5.32 Å². The predicted octanol–water partition coefficient (Wildman–Crippen LogP) is 4.22. The van der Waals surface area contributed by atoms with E-state index in [1.54, 1.807) is 12.1 Å². The third-order valence-electron chi connectivity index (χ3n) is 2.70. The summed E-state index contributed by atoms with van der Waals surface area (Å²) >= 11 is 11.5. The normalized spacial score (nSPS) is 11.8. The van der Waals surface area contributed by atoms with E-state index in [0.29, 0.717) is 23.0 Å². The molecule has 0 unspecified atom stereocenters. The number of hydrogen-bond acceptors (Lipinski definition) is 1. The molecule has 0 atom stereocenters. The van der Waals surface area contributed by atoms with Gasteiger partial charge in [-0.05, 0) is 30.0 Å². The van der Waals surface area contributed by atoms with Crippen LogP contribution >= 0.6 is 23.2 Å². The molecular weight excluding hydrogens is 260 g/mol. The zero-order valence-corrected chi connectivity index (χ0v) is 11.7. The molecule has 1 N–H and O–H groups in total. The number of hydrogen-bond donors (Lipinski definition) is 1. The van der Waals surface area contributed by atoms with Crippen molar-refractivity contribution in [1.82, 2.24) is 5.32 Å². The Balaban J connectivity index is 2.48. The first-order valence-corrected chi connectivity index (χ1v) is 6.56. The van der Waals surface area contributed by atoms with Gasteiger partial charge in [0.25, 0.3) is 0 Å². The van der Waals surface area contributed by atoms with E-state index in [4.69, 9.17) is 23.2 Å². The molecule has 0 fully saturated rings. The van der Waals surface area contributed by atoms with Gasteiger partial charge in [-0.2, -0.15) is 0 Å². The molecule has 0 aromatic heterocycles. The summed E-state index contributed by atoms with van der Waals surface area (Å²) in [6.07, 6.45) is 0.930. The summed E-state index contributed by atoms with van der Waals surface area (Å²) in [4.78, 5) is 0. The Bertz CT molecular complexity index is 366. The van der Waals surface area contributed by atoms with Crippen LogP contribution in [0.4, 0.5) is 4.39 Å². The van der Waals surface area contributed by atoms with Crippen LogP contribution in [0.25, 0.3) is 0 Å². The first kappa shape index (κ1) is 14.7. The van der Waals surface area contributed by atoms with E-state index >= 15 is 0 Å². The van der Waals surface area contributed by atoms with E-state index in [1.807, 2.05) is 0 Å². The van der Waals surface area contributed by atoms with Crippen molar-refractivity contribution in [1.29, 1.82) is 0 Å². The maximum atomic E-state index is 13.4. The third kappa shape index (κ3) is 5.24. The lowest BCUT2D eigenvalue weighted by atomic mass is 9.90. The Morgan fingerprint density at radius 1 is 1.35 bits per heavy atom. The van der Waals surface area contributed by atoms with Crippen LogP contribution in [0.3, 0.4) is 0 Å². The van der Waals surface area contributed by atoms with Gasteiger partial charge in [0.15, 0.2) is 0 Å². The van der Waals surface area contributed by atoms with E-state index in [1.165, 1.54) is 6.07 Å². The van der Waals surface area contributed by atoms with E-state index < -0.39 is 0 Å². The van der Waals surface area contributed by atoms with Crippen molar-refractivity contribution in [3.8, 4) is 0 Å². The second kappa shape index (κ2) is 6.58. The fraction of sp³-hybridized carbons (Fsp3) is 0.538. The summed E-state index contributed by atoms with van der Waals surface area (Å²) in [5.41, 5.74) is 0.718. The topological polar surface area (TPSA) is 12.0 Å². The SMILES string of the molecule is CC(C)(CCCl)CNCc1cc(Cl)ccc1F. The van der Waals surface area contributed by atoms with Gasteiger partial charge < -0.3 is 5.32 Å². The van der Waals surface area contributed by atoms with E-state index in [2.05, 4.69) is 19.2 Å². The van der Waals surface area contributed by atoms with E-state index in [9.17, 15) is 4.39 Å². The van der Waals surface area contributed by atoms with Crippen LogP contribution in [0, 0.1) is 11.2 Å². The Labute approximate surface area is 112 Å². The first-order valence-electron chi connectivity index (χ1n) is 5.65. The van der Waals surface area contributed by atoms with Gasteiger partial charge in [0.05, 0.1) is 0 Å². The molecular formula is C13H18Cl2FN. The Morgan fingerprint density at radius 3 is 2.71 bits per heavy atom. The standard InChI is InChI=1S/C13H18Cl2FN/c1-13(2,5-6-14)9-17-8-10-7-11(15)3-4-12(10)16/h3-4,7,17H,5-6,8-9H2,1-2H3. The van der Waals surface area contributed by atoms with Crippen LogP contribution in [-0.4, -0.2) is 12.4 Å². The highest BCUT2D eigenvalue weighted by atomic mass is 35.5. The van der Waals surface area contributed by atoms with E-state index in [0.717, 1.165) is 13.0 Å². The summed E-state index contributed by atoms with van der Waals surface area (Å²) in [6.45, 7) is 5.55. The maximum absolute atomic E-state index is 13.4. The van der Waals surface area contributed by atoms with Gasteiger partial charge in [-0.3, -0.25) is 0 Å².